The quantitative estimate of drug-likeness (QED) is 0.613. The summed E-state index contributed by atoms with van der Waals surface area (Å²) in [7, 11) is 2.81. The van der Waals surface area contributed by atoms with Gasteiger partial charge in [0.15, 0.2) is 12.3 Å². The van der Waals surface area contributed by atoms with Gasteiger partial charge in [-0.15, -0.1) is 0 Å². The zero-order valence-corrected chi connectivity index (χ0v) is 16.9. The van der Waals surface area contributed by atoms with Crippen molar-refractivity contribution in [3.8, 4) is 11.5 Å². The van der Waals surface area contributed by atoms with Gasteiger partial charge in [-0.1, -0.05) is 17.7 Å². The van der Waals surface area contributed by atoms with E-state index in [1.54, 1.807) is 43.5 Å². The first-order valence-electron chi connectivity index (χ1n) is 8.67. The number of carbonyl (C=O) groups excluding carboxylic acids is 2. The molecule has 0 aliphatic heterocycles. The van der Waals surface area contributed by atoms with Gasteiger partial charge in [-0.05, 0) is 42.8 Å². The first kappa shape index (κ1) is 20.4. The van der Waals surface area contributed by atoms with Crippen molar-refractivity contribution in [1.82, 2.24) is 4.98 Å². The van der Waals surface area contributed by atoms with E-state index in [0.29, 0.717) is 33.1 Å². The Bertz CT molecular complexity index is 1080. The molecule has 0 unspecified atom stereocenters. The first-order valence-corrected chi connectivity index (χ1v) is 9.05. The highest BCUT2D eigenvalue weighted by Crippen LogP contribution is 2.29. The Morgan fingerprint density at radius 3 is 2.66 bits per heavy atom. The molecule has 0 saturated carbocycles. The number of hydrogen-bond donors (Lipinski definition) is 1. The van der Waals surface area contributed by atoms with E-state index in [9.17, 15) is 9.59 Å². The molecule has 0 bridgehead atoms. The molecule has 1 heterocycles. The first-order chi connectivity index (χ1) is 13.9. The number of nitrogens with zero attached hydrogens (tertiary/aromatic N) is 1. The summed E-state index contributed by atoms with van der Waals surface area (Å²) in [6.07, 6.45) is 0. The normalized spacial score (nSPS) is 10.5. The van der Waals surface area contributed by atoms with Crippen LogP contribution in [0.4, 0.5) is 5.69 Å². The van der Waals surface area contributed by atoms with Gasteiger partial charge in [-0.25, -0.2) is 9.78 Å². The smallest absolute Gasteiger partial charge is 0.356 e. The van der Waals surface area contributed by atoms with Crippen molar-refractivity contribution in [2.45, 2.75) is 6.92 Å². The van der Waals surface area contributed by atoms with E-state index in [4.69, 9.17) is 25.8 Å². The molecular weight excluding hydrogens is 396 g/mol. The van der Waals surface area contributed by atoms with Crippen molar-refractivity contribution in [2.75, 3.05) is 26.1 Å². The second-order valence-electron chi connectivity index (χ2n) is 6.13. The van der Waals surface area contributed by atoms with E-state index in [0.717, 1.165) is 5.56 Å². The van der Waals surface area contributed by atoms with E-state index in [2.05, 4.69) is 10.3 Å². The number of pyridine rings is 1. The SMILES string of the molecule is COC(=O)c1cc(OCC(=O)Nc2cccc(Cl)c2C)c2cc(OC)ccc2n1. The number of rotatable bonds is 6. The van der Waals surface area contributed by atoms with Crippen molar-refractivity contribution >= 4 is 40.1 Å². The van der Waals surface area contributed by atoms with Crippen LogP contribution in [0.5, 0.6) is 11.5 Å². The maximum absolute atomic E-state index is 12.4. The maximum atomic E-state index is 12.4. The van der Waals surface area contributed by atoms with Crippen LogP contribution in [0.25, 0.3) is 10.9 Å². The number of carbonyl (C=O) groups is 2. The number of amides is 1. The van der Waals surface area contributed by atoms with Crippen molar-refractivity contribution in [1.29, 1.82) is 0 Å². The number of hydrogen-bond acceptors (Lipinski definition) is 6. The van der Waals surface area contributed by atoms with Gasteiger partial charge in [-0.3, -0.25) is 4.79 Å². The Hall–Kier alpha value is -3.32. The number of anilines is 1. The average molecular weight is 415 g/mol. The van der Waals surface area contributed by atoms with Crippen LogP contribution in [0, 0.1) is 6.92 Å². The highest BCUT2D eigenvalue weighted by atomic mass is 35.5. The zero-order chi connectivity index (χ0) is 21.0. The minimum Gasteiger partial charge on any atom is -0.497 e. The van der Waals surface area contributed by atoms with Gasteiger partial charge in [0.1, 0.15) is 11.5 Å². The summed E-state index contributed by atoms with van der Waals surface area (Å²) in [5.41, 5.74) is 1.94. The molecule has 0 atom stereocenters. The standard InChI is InChI=1S/C21H19ClN2O5/c1-12-15(22)5-4-6-16(12)24-20(25)11-29-19-10-18(21(26)28-3)23-17-8-7-13(27-2)9-14(17)19/h4-10H,11H2,1-3H3,(H,24,25). The van der Waals surface area contributed by atoms with Crippen LogP contribution < -0.4 is 14.8 Å². The van der Waals surface area contributed by atoms with Crippen LogP contribution in [0.15, 0.2) is 42.5 Å². The fourth-order valence-corrected chi connectivity index (χ4v) is 2.88. The molecule has 0 aliphatic carbocycles. The monoisotopic (exact) mass is 414 g/mol. The van der Waals surface area contributed by atoms with Crippen LogP contribution in [-0.4, -0.2) is 37.7 Å². The Labute approximate surface area is 172 Å². The zero-order valence-electron chi connectivity index (χ0n) is 16.1. The predicted molar refractivity (Wildman–Crippen MR) is 110 cm³/mol. The van der Waals surface area contributed by atoms with Gasteiger partial charge in [0.25, 0.3) is 5.91 Å². The van der Waals surface area contributed by atoms with Crippen molar-refractivity contribution in [2.24, 2.45) is 0 Å². The molecule has 3 aromatic rings. The number of esters is 1. The summed E-state index contributed by atoms with van der Waals surface area (Å²) in [6.45, 7) is 1.53. The molecule has 0 radical (unpaired) electrons. The van der Waals surface area contributed by atoms with E-state index in [1.807, 2.05) is 6.92 Å². The Morgan fingerprint density at radius 1 is 1.14 bits per heavy atom. The lowest BCUT2D eigenvalue weighted by molar-refractivity contribution is -0.118. The van der Waals surface area contributed by atoms with E-state index in [1.165, 1.54) is 13.2 Å². The number of fused-ring (bicyclic) bond motifs is 1. The summed E-state index contributed by atoms with van der Waals surface area (Å²) in [5.74, 6) is -0.0735. The summed E-state index contributed by atoms with van der Waals surface area (Å²) in [4.78, 5) is 28.6. The highest BCUT2D eigenvalue weighted by Gasteiger charge is 2.15. The Kier molecular flexibility index (Phi) is 6.19. The van der Waals surface area contributed by atoms with Crippen molar-refractivity contribution < 1.29 is 23.8 Å². The maximum Gasteiger partial charge on any atom is 0.356 e. The fourth-order valence-electron chi connectivity index (χ4n) is 2.70. The average Bonchev–Trinajstić information content (AvgIpc) is 2.74. The predicted octanol–water partition coefficient (Wildman–Crippen LogP) is 4.01. The summed E-state index contributed by atoms with van der Waals surface area (Å²) in [5, 5.41) is 3.92. The molecule has 150 valence electrons. The lowest BCUT2D eigenvalue weighted by Crippen LogP contribution is -2.21. The lowest BCUT2D eigenvalue weighted by atomic mass is 10.1. The summed E-state index contributed by atoms with van der Waals surface area (Å²) in [6, 6.07) is 11.8. The third-order valence-corrected chi connectivity index (χ3v) is 4.68. The van der Waals surface area contributed by atoms with Crippen LogP contribution in [-0.2, 0) is 9.53 Å². The molecule has 1 amide bonds. The van der Waals surface area contributed by atoms with E-state index in [-0.39, 0.29) is 18.2 Å². The lowest BCUT2D eigenvalue weighted by Gasteiger charge is -2.13. The number of aromatic nitrogens is 1. The van der Waals surface area contributed by atoms with Crippen LogP contribution >= 0.6 is 11.6 Å². The topological polar surface area (TPSA) is 86.8 Å². The molecule has 29 heavy (non-hydrogen) atoms. The molecule has 0 fully saturated rings. The van der Waals surface area contributed by atoms with Crippen LogP contribution in [0.1, 0.15) is 16.1 Å². The van der Waals surface area contributed by atoms with Gasteiger partial charge in [0.05, 0.1) is 19.7 Å². The van der Waals surface area contributed by atoms with Gasteiger partial charge in [0, 0.05) is 22.2 Å². The molecule has 1 aromatic heterocycles. The molecule has 8 heteroatoms. The van der Waals surface area contributed by atoms with Crippen LogP contribution in [0.3, 0.4) is 0 Å². The minimum atomic E-state index is -0.605. The van der Waals surface area contributed by atoms with Gasteiger partial charge < -0.3 is 19.5 Å². The van der Waals surface area contributed by atoms with Gasteiger partial charge >= 0.3 is 5.97 Å². The molecule has 0 aliphatic rings. The summed E-state index contributed by atoms with van der Waals surface area (Å²) >= 11 is 6.08. The van der Waals surface area contributed by atoms with E-state index >= 15 is 0 Å². The minimum absolute atomic E-state index is 0.0752. The number of methoxy groups -OCH3 is 2. The molecule has 7 nitrogen and oxygen atoms in total. The molecule has 3 rings (SSSR count). The number of benzene rings is 2. The fraction of sp³-hybridized carbons (Fsp3) is 0.190. The highest BCUT2D eigenvalue weighted by molar-refractivity contribution is 6.31. The van der Waals surface area contributed by atoms with E-state index < -0.39 is 5.97 Å². The molecular formula is C21H19ClN2O5. The number of ether oxygens (including phenoxy) is 3. The second kappa shape index (κ2) is 8.79. The largest absolute Gasteiger partial charge is 0.497 e. The second-order valence-corrected chi connectivity index (χ2v) is 6.54. The van der Waals surface area contributed by atoms with Gasteiger partial charge in [0.2, 0.25) is 0 Å². The third kappa shape index (κ3) is 4.57. The van der Waals surface area contributed by atoms with Gasteiger partial charge in [-0.2, -0.15) is 0 Å². The number of nitrogens with one attached hydrogen (secondary N) is 1. The molecule has 2 aromatic carbocycles. The molecule has 1 N–H and O–H groups in total. The molecule has 0 spiro atoms. The Morgan fingerprint density at radius 2 is 1.93 bits per heavy atom. The Balaban J connectivity index is 1.86. The number of halogens is 1. The van der Waals surface area contributed by atoms with Crippen LogP contribution in [0.2, 0.25) is 5.02 Å². The molecule has 0 saturated heterocycles. The van der Waals surface area contributed by atoms with Crippen molar-refractivity contribution in [3.63, 3.8) is 0 Å². The summed E-state index contributed by atoms with van der Waals surface area (Å²) < 4.78 is 15.7. The third-order valence-electron chi connectivity index (χ3n) is 4.27. The van der Waals surface area contributed by atoms with Crippen molar-refractivity contribution in [3.05, 3.63) is 58.7 Å².